The predicted molar refractivity (Wildman–Crippen MR) is 79.9 cm³/mol. The second-order valence-corrected chi connectivity index (χ2v) is 4.71. The van der Waals surface area contributed by atoms with Gasteiger partial charge in [0.1, 0.15) is 11.5 Å². The van der Waals surface area contributed by atoms with Crippen molar-refractivity contribution < 1.29 is 9.66 Å². The van der Waals surface area contributed by atoms with Crippen LogP contribution in [0.3, 0.4) is 0 Å². The Bertz CT molecular complexity index is 831. The second kappa shape index (κ2) is 5.38. The molecule has 0 aliphatic carbocycles. The van der Waals surface area contributed by atoms with Crippen molar-refractivity contribution in [3.63, 3.8) is 0 Å². The molecule has 0 spiro atoms. The standard InChI is InChI=1S/C15H9ClN2O3/c16-12-9-10(18(19)20)6-7-15(12)21-14-5-1-4-13-11(14)3-2-8-17-13/h1-9H. The summed E-state index contributed by atoms with van der Waals surface area (Å²) in [5, 5.41) is 11.7. The number of halogens is 1. The van der Waals surface area contributed by atoms with Gasteiger partial charge in [-0.05, 0) is 30.3 Å². The topological polar surface area (TPSA) is 65.3 Å². The quantitative estimate of drug-likeness (QED) is 0.524. The minimum Gasteiger partial charge on any atom is -0.455 e. The Hall–Kier alpha value is -2.66. The van der Waals surface area contributed by atoms with E-state index in [-0.39, 0.29) is 10.7 Å². The molecule has 0 N–H and O–H groups in total. The molecule has 0 bridgehead atoms. The van der Waals surface area contributed by atoms with Gasteiger partial charge < -0.3 is 4.74 Å². The molecule has 5 nitrogen and oxygen atoms in total. The molecule has 0 saturated heterocycles. The maximum atomic E-state index is 10.7. The van der Waals surface area contributed by atoms with E-state index in [1.807, 2.05) is 24.3 Å². The summed E-state index contributed by atoms with van der Waals surface area (Å²) in [6.07, 6.45) is 1.70. The Kier molecular flexibility index (Phi) is 3.41. The van der Waals surface area contributed by atoms with Crippen LogP contribution in [0.4, 0.5) is 5.69 Å². The van der Waals surface area contributed by atoms with Gasteiger partial charge in [-0.25, -0.2) is 0 Å². The SMILES string of the molecule is O=[N+]([O-])c1ccc(Oc2cccc3ncccc23)c(Cl)c1. The number of pyridine rings is 1. The summed E-state index contributed by atoms with van der Waals surface area (Å²) < 4.78 is 5.76. The van der Waals surface area contributed by atoms with Crippen LogP contribution in [0, 0.1) is 10.1 Å². The monoisotopic (exact) mass is 300 g/mol. The number of benzene rings is 2. The van der Waals surface area contributed by atoms with Crippen LogP contribution in [0.25, 0.3) is 10.9 Å². The number of aromatic nitrogens is 1. The third kappa shape index (κ3) is 2.64. The zero-order valence-electron chi connectivity index (χ0n) is 10.7. The number of non-ortho nitro benzene ring substituents is 1. The summed E-state index contributed by atoms with van der Waals surface area (Å²) in [6, 6.07) is 13.3. The van der Waals surface area contributed by atoms with Crippen LogP contribution >= 0.6 is 11.6 Å². The Labute approximate surface area is 124 Å². The first-order valence-corrected chi connectivity index (χ1v) is 6.48. The number of nitro benzene ring substituents is 1. The molecule has 0 aliphatic heterocycles. The van der Waals surface area contributed by atoms with E-state index in [0.717, 1.165) is 10.9 Å². The molecule has 3 rings (SSSR count). The Morgan fingerprint density at radius 1 is 1.10 bits per heavy atom. The van der Waals surface area contributed by atoms with Crippen LogP contribution < -0.4 is 4.74 Å². The van der Waals surface area contributed by atoms with Crippen molar-refractivity contribution in [1.82, 2.24) is 4.98 Å². The lowest BCUT2D eigenvalue weighted by Crippen LogP contribution is -1.91. The zero-order chi connectivity index (χ0) is 14.8. The third-order valence-corrected chi connectivity index (χ3v) is 3.25. The Balaban J connectivity index is 2.01. The number of hydrogen-bond acceptors (Lipinski definition) is 4. The molecule has 0 aliphatic rings. The summed E-state index contributed by atoms with van der Waals surface area (Å²) in [6.45, 7) is 0. The molecule has 2 aromatic carbocycles. The fourth-order valence-electron chi connectivity index (χ4n) is 1.97. The van der Waals surface area contributed by atoms with Gasteiger partial charge in [-0.1, -0.05) is 17.7 Å². The van der Waals surface area contributed by atoms with Crippen molar-refractivity contribution in [3.05, 3.63) is 69.9 Å². The maximum absolute atomic E-state index is 10.7. The highest BCUT2D eigenvalue weighted by atomic mass is 35.5. The summed E-state index contributed by atoms with van der Waals surface area (Å²) in [5.74, 6) is 0.954. The van der Waals surface area contributed by atoms with Crippen molar-refractivity contribution in [2.24, 2.45) is 0 Å². The number of rotatable bonds is 3. The van der Waals surface area contributed by atoms with Gasteiger partial charge in [0.05, 0.1) is 15.5 Å². The smallest absolute Gasteiger partial charge is 0.271 e. The van der Waals surface area contributed by atoms with Crippen LogP contribution in [0.2, 0.25) is 5.02 Å². The molecule has 0 atom stereocenters. The Morgan fingerprint density at radius 3 is 2.71 bits per heavy atom. The number of ether oxygens (including phenoxy) is 1. The van der Waals surface area contributed by atoms with E-state index in [4.69, 9.17) is 16.3 Å². The number of nitro groups is 1. The first kappa shape index (κ1) is 13.3. The average Bonchev–Trinajstić information content (AvgIpc) is 2.49. The molecular weight excluding hydrogens is 292 g/mol. The summed E-state index contributed by atoms with van der Waals surface area (Å²) >= 11 is 6.03. The van der Waals surface area contributed by atoms with Crippen LogP contribution in [-0.2, 0) is 0 Å². The molecule has 1 aromatic heterocycles. The van der Waals surface area contributed by atoms with Crippen LogP contribution in [0.1, 0.15) is 0 Å². The summed E-state index contributed by atoms with van der Waals surface area (Å²) in [4.78, 5) is 14.4. The van der Waals surface area contributed by atoms with Gasteiger partial charge in [0.25, 0.3) is 5.69 Å². The van der Waals surface area contributed by atoms with E-state index in [0.29, 0.717) is 11.5 Å². The normalized spacial score (nSPS) is 10.5. The van der Waals surface area contributed by atoms with Crippen LogP contribution in [-0.4, -0.2) is 9.91 Å². The second-order valence-electron chi connectivity index (χ2n) is 4.30. The van der Waals surface area contributed by atoms with Crippen molar-refractivity contribution in [2.45, 2.75) is 0 Å². The zero-order valence-corrected chi connectivity index (χ0v) is 11.4. The lowest BCUT2D eigenvalue weighted by Gasteiger charge is -2.09. The third-order valence-electron chi connectivity index (χ3n) is 2.95. The Morgan fingerprint density at radius 2 is 1.95 bits per heavy atom. The van der Waals surface area contributed by atoms with Crippen molar-refractivity contribution >= 4 is 28.2 Å². The first-order valence-electron chi connectivity index (χ1n) is 6.11. The van der Waals surface area contributed by atoms with Crippen LogP contribution in [0.5, 0.6) is 11.5 Å². The van der Waals surface area contributed by atoms with Crippen molar-refractivity contribution in [2.75, 3.05) is 0 Å². The number of nitrogens with zero attached hydrogens (tertiary/aromatic N) is 2. The number of fused-ring (bicyclic) bond motifs is 1. The molecule has 0 amide bonds. The molecule has 1 heterocycles. The average molecular weight is 301 g/mol. The van der Waals surface area contributed by atoms with Gasteiger partial charge in [-0.2, -0.15) is 0 Å². The summed E-state index contributed by atoms with van der Waals surface area (Å²) in [5.41, 5.74) is 0.722. The van der Waals surface area contributed by atoms with E-state index < -0.39 is 4.92 Å². The molecule has 6 heteroatoms. The van der Waals surface area contributed by atoms with E-state index in [2.05, 4.69) is 4.98 Å². The van der Waals surface area contributed by atoms with Gasteiger partial charge >= 0.3 is 0 Å². The van der Waals surface area contributed by atoms with Crippen molar-refractivity contribution in [1.29, 1.82) is 0 Å². The maximum Gasteiger partial charge on any atom is 0.271 e. The fourth-order valence-corrected chi connectivity index (χ4v) is 2.18. The van der Waals surface area contributed by atoms with Gasteiger partial charge in [0.2, 0.25) is 0 Å². The summed E-state index contributed by atoms with van der Waals surface area (Å²) in [7, 11) is 0. The van der Waals surface area contributed by atoms with Crippen LogP contribution in [0.15, 0.2) is 54.7 Å². The van der Waals surface area contributed by atoms with Gasteiger partial charge in [0.15, 0.2) is 0 Å². The van der Waals surface area contributed by atoms with E-state index in [9.17, 15) is 10.1 Å². The first-order chi connectivity index (χ1) is 10.1. The molecule has 0 unspecified atom stereocenters. The van der Waals surface area contributed by atoms with Gasteiger partial charge in [-0.15, -0.1) is 0 Å². The van der Waals surface area contributed by atoms with E-state index in [1.54, 1.807) is 12.3 Å². The molecule has 3 aromatic rings. The lowest BCUT2D eigenvalue weighted by atomic mass is 10.2. The highest BCUT2D eigenvalue weighted by molar-refractivity contribution is 6.32. The predicted octanol–water partition coefficient (Wildman–Crippen LogP) is 4.59. The highest BCUT2D eigenvalue weighted by Gasteiger charge is 2.12. The van der Waals surface area contributed by atoms with Crippen molar-refractivity contribution in [3.8, 4) is 11.5 Å². The molecule has 0 saturated carbocycles. The van der Waals surface area contributed by atoms with Gasteiger partial charge in [-0.3, -0.25) is 15.1 Å². The highest BCUT2D eigenvalue weighted by Crippen LogP contribution is 2.34. The molecular formula is C15H9ClN2O3. The van der Waals surface area contributed by atoms with Gasteiger partial charge in [0, 0.05) is 23.7 Å². The minimum absolute atomic E-state index is 0.0769. The lowest BCUT2D eigenvalue weighted by molar-refractivity contribution is -0.384. The molecule has 104 valence electrons. The van der Waals surface area contributed by atoms with E-state index >= 15 is 0 Å². The minimum atomic E-state index is -0.502. The molecule has 0 radical (unpaired) electrons. The largest absolute Gasteiger partial charge is 0.455 e. The molecule has 21 heavy (non-hydrogen) atoms. The fraction of sp³-hybridized carbons (Fsp3) is 0. The molecule has 0 fully saturated rings. The van der Waals surface area contributed by atoms with E-state index in [1.165, 1.54) is 18.2 Å². The number of hydrogen-bond donors (Lipinski definition) is 0.